The molecule has 0 atom stereocenters. The Morgan fingerprint density at radius 1 is 1.00 bits per heavy atom. The predicted molar refractivity (Wildman–Crippen MR) is 95.3 cm³/mol. The van der Waals surface area contributed by atoms with Crippen molar-refractivity contribution in [2.24, 2.45) is 0 Å². The van der Waals surface area contributed by atoms with E-state index in [1.54, 1.807) is 6.07 Å². The van der Waals surface area contributed by atoms with Gasteiger partial charge in [0, 0.05) is 18.7 Å². The van der Waals surface area contributed by atoms with Gasteiger partial charge in [0.05, 0.1) is 11.0 Å². The van der Waals surface area contributed by atoms with Crippen LogP contribution in [-0.4, -0.2) is 29.0 Å². The van der Waals surface area contributed by atoms with Gasteiger partial charge in [-0.3, -0.25) is 4.79 Å². The number of carbonyl (C=O) groups is 1. The topological polar surface area (TPSA) is 58.1 Å². The molecule has 2 heterocycles. The Bertz CT molecular complexity index is 938. The van der Waals surface area contributed by atoms with Crippen LogP contribution in [0.15, 0.2) is 48.5 Å². The molecule has 25 heavy (non-hydrogen) atoms. The van der Waals surface area contributed by atoms with Gasteiger partial charge in [0.25, 0.3) is 5.91 Å². The van der Waals surface area contributed by atoms with E-state index in [0.717, 1.165) is 31.4 Å². The van der Waals surface area contributed by atoms with Crippen LogP contribution in [0.4, 0.5) is 16.0 Å². The second-order valence-electron chi connectivity index (χ2n) is 6.04. The molecule has 0 aliphatic carbocycles. The van der Waals surface area contributed by atoms with E-state index >= 15 is 0 Å². The van der Waals surface area contributed by atoms with Crippen LogP contribution >= 0.6 is 0 Å². The van der Waals surface area contributed by atoms with E-state index in [2.05, 4.69) is 15.2 Å². The molecule has 1 aliphatic heterocycles. The first-order valence-electron chi connectivity index (χ1n) is 8.29. The third-order valence-corrected chi connectivity index (χ3v) is 4.28. The molecule has 0 saturated carbocycles. The highest BCUT2D eigenvalue weighted by Gasteiger charge is 2.21. The highest BCUT2D eigenvalue weighted by Crippen LogP contribution is 2.28. The molecule has 0 radical (unpaired) electrons. The summed E-state index contributed by atoms with van der Waals surface area (Å²) in [6.45, 7) is 1.77. The van der Waals surface area contributed by atoms with E-state index < -0.39 is 11.7 Å². The molecule has 1 aliphatic rings. The molecule has 1 saturated heterocycles. The quantitative estimate of drug-likeness (QED) is 0.794. The Morgan fingerprint density at radius 3 is 2.44 bits per heavy atom. The molecular weight excluding hydrogens is 319 g/mol. The molecule has 2 aromatic carbocycles. The van der Waals surface area contributed by atoms with Crippen molar-refractivity contribution in [1.82, 2.24) is 9.97 Å². The minimum Gasteiger partial charge on any atom is -0.354 e. The summed E-state index contributed by atoms with van der Waals surface area (Å²) >= 11 is 0. The van der Waals surface area contributed by atoms with E-state index in [-0.39, 0.29) is 5.56 Å². The van der Waals surface area contributed by atoms with Crippen molar-refractivity contribution in [3.8, 4) is 0 Å². The van der Waals surface area contributed by atoms with Crippen LogP contribution in [0.5, 0.6) is 0 Å². The zero-order valence-corrected chi connectivity index (χ0v) is 13.6. The Morgan fingerprint density at radius 2 is 1.72 bits per heavy atom. The van der Waals surface area contributed by atoms with Gasteiger partial charge in [0.15, 0.2) is 11.6 Å². The molecular formula is C19H17FN4O. The number of carbonyl (C=O) groups excluding carboxylic acids is 1. The number of nitrogens with zero attached hydrogens (tertiary/aromatic N) is 3. The third kappa shape index (κ3) is 3.15. The molecule has 126 valence electrons. The average molecular weight is 336 g/mol. The van der Waals surface area contributed by atoms with Crippen molar-refractivity contribution in [3.05, 3.63) is 59.9 Å². The van der Waals surface area contributed by atoms with E-state index in [0.29, 0.717) is 17.2 Å². The molecule has 6 heteroatoms. The van der Waals surface area contributed by atoms with Crippen LogP contribution in [0, 0.1) is 5.82 Å². The molecule has 1 N–H and O–H groups in total. The maximum absolute atomic E-state index is 13.4. The maximum atomic E-state index is 13.4. The van der Waals surface area contributed by atoms with Gasteiger partial charge < -0.3 is 10.2 Å². The molecule has 1 amide bonds. The minimum absolute atomic E-state index is 0.252. The monoisotopic (exact) mass is 336 g/mol. The van der Waals surface area contributed by atoms with Crippen LogP contribution in [0.2, 0.25) is 0 Å². The molecule has 4 rings (SSSR count). The smallest absolute Gasteiger partial charge is 0.257 e. The SMILES string of the molecule is O=C(Nc1nc2ccccc2nc1N1CCCC1)c1cccc(F)c1. The zero-order chi connectivity index (χ0) is 17.2. The number of rotatable bonds is 3. The number of nitrogens with one attached hydrogen (secondary N) is 1. The first kappa shape index (κ1) is 15.5. The molecule has 3 aromatic rings. The number of anilines is 2. The lowest BCUT2D eigenvalue weighted by Gasteiger charge is -2.20. The van der Waals surface area contributed by atoms with E-state index in [1.807, 2.05) is 24.3 Å². The van der Waals surface area contributed by atoms with Gasteiger partial charge in [-0.15, -0.1) is 0 Å². The van der Waals surface area contributed by atoms with Crippen LogP contribution in [0.1, 0.15) is 23.2 Å². The van der Waals surface area contributed by atoms with Crippen molar-refractivity contribution in [2.75, 3.05) is 23.3 Å². The maximum Gasteiger partial charge on any atom is 0.257 e. The lowest BCUT2D eigenvalue weighted by molar-refractivity contribution is 0.102. The highest BCUT2D eigenvalue weighted by molar-refractivity contribution is 6.05. The summed E-state index contributed by atoms with van der Waals surface area (Å²) in [6.07, 6.45) is 2.18. The third-order valence-electron chi connectivity index (χ3n) is 4.28. The largest absolute Gasteiger partial charge is 0.354 e. The number of hydrogen-bond acceptors (Lipinski definition) is 4. The Labute approximate surface area is 144 Å². The molecule has 1 fully saturated rings. The fourth-order valence-corrected chi connectivity index (χ4v) is 3.03. The van der Waals surface area contributed by atoms with E-state index in [4.69, 9.17) is 4.98 Å². The van der Waals surface area contributed by atoms with Crippen LogP contribution in [0.25, 0.3) is 11.0 Å². The number of fused-ring (bicyclic) bond motifs is 1. The fraction of sp³-hybridized carbons (Fsp3) is 0.211. The van der Waals surface area contributed by atoms with Crippen LogP contribution in [0.3, 0.4) is 0 Å². The second kappa shape index (κ2) is 6.47. The minimum atomic E-state index is -0.447. The van der Waals surface area contributed by atoms with Gasteiger partial charge in [-0.05, 0) is 43.2 Å². The van der Waals surface area contributed by atoms with Crippen LogP contribution < -0.4 is 10.2 Å². The summed E-state index contributed by atoms with van der Waals surface area (Å²) in [5.41, 5.74) is 1.75. The van der Waals surface area contributed by atoms with Crippen molar-refractivity contribution in [2.45, 2.75) is 12.8 Å². The summed E-state index contributed by atoms with van der Waals surface area (Å²) in [5, 5.41) is 2.80. The van der Waals surface area contributed by atoms with Crippen molar-refractivity contribution in [1.29, 1.82) is 0 Å². The molecule has 5 nitrogen and oxygen atoms in total. The molecule has 0 spiro atoms. The molecule has 1 aromatic heterocycles. The first-order chi connectivity index (χ1) is 12.2. The van der Waals surface area contributed by atoms with Crippen molar-refractivity contribution >= 4 is 28.6 Å². The summed E-state index contributed by atoms with van der Waals surface area (Å²) in [6, 6.07) is 13.1. The van der Waals surface area contributed by atoms with Gasteiger partial charge in [-0.2, -0.15) is 0 Å². The fourth-order valence-electron chi connectivity index (χ4n) is 3.03. The van der Waals surface area contributed by atoms with Gasteiger partial charge in [-0.25, -0.2) is 14.4 Å². The standard InChI is InChI=1S/C19H17FN4O/c20-14-7-5-6-13(12-14)19(25)23-17-18(24-10-3-4-11-24)22-16-9-2-1-8-15(16)21-17/h1-2,5-9,12H,3-4,10-11H2,(H,21,23,25). The van der Waals surface area contributed by atoms with Gasteiger partial charge in [0.1, 0.15) is 5.82 Å². The second-order valence-corrected chi connectivity index (χ2v) is 6.04. The average Bonchev–Trinajstić information content (AvgIpc) is 3.15. The Kier molecular flexibility index (Phi) is 4.01. The summed E-state index contributed by atoms with van der Waals surface area (Å²) < 4.78 is 13.4. The zero-order valence-electron chi connectivity index (χ0n) is 13.6. The van der Waals surface area contributed by atoms with Crippen LogP contribution in [-0.2, 0) is 0 Å². The van der Waals surface area contributed by atoms with Crippen molar-refractivity contribution in [3.63, 3.8) is 0 Å². The Balaban J connectivity index is 1.73. The summed E-state index contributed by atoms with van der Waals surface area (Å²) in [4.78, 5) is 23.9. The molecule has 0 bridgehead atoms. The van der Waals surface area contributed by atoms with Gasteiger partial charge in [-0.1, -0.05) is 18.2 Å². The Hall–Kier alpha value is -3.02. The normalized spacial score (nSPS) is 14.0. The first-order valence-corrected chi connectivity index (χ1v) is 8.29. The van der Waals surface area contributed by atoms with E-state index in [1.165, 1.54) is 18.2 Å². The summed E-state index contributed by atoms with van der Waals surface area (Å²) in [5.74, 6) is 0.234. The van der Waals surface area contributed by atoms with Gasteiger partial charge in [0.2, 0.25) is 0 Å². The van der Waals surface area contributed by atoms with Gasteiger partial charge >= 0.3 is 0 Å². The number of hydrogen-bond donors (Lipinski definition) is 1. The summed E-state index contributed by atoms with van der Waals surface area (Å²) in [7, 11) is 0. The lowest BCUT2D eigenvalue weighted by Crippen LogP contribution is -2.23. The molecule has 0 unspecified atom stereocenters. The number of aromatic nitrogens is 2. The lowest BCUT2D eigenvalue weighted by atomic mass is 10.2. The number of para-hydroxylation sites is 2. The number of halogens is 1. The highest BCUT2D eigenvalue weighted by atomic mass is 19.1. The van der Waals surface area contributed by atoms with Crippen molar-refractivity contribution < 1.29 is 9.18 Å². The van der Waals surface area contributed by atoms with E-state index in [9.17, 15) is 9.18 Å². The number of amides is 1. The number of benzene rings is 2. The predicted octanol–water partition coefficient (Wildman–Crippen LogP) is 3.62.